The van der Waals surface area contributed by atoms with Crippen molar-refractivity contribution >= 4 is 17.7 Å². The Labute approximate surface area is 151 Å². The molecule has 1 heterocycles. The molecule has 1 saturated heterocycles. The monoisotopic (exact) mass is 345 g/mol. The van der Waals surface area contributed by atoms with Crippen molar-refractivity contribution in [1.82, 2.24) is 4.90 Å². The molecule has 2 aliphatic rings. The summed E-state index contributed by atoms with van der Waals surface area (Å²) in [5.41, 5.74) is 2.81. The van der Waals surface area contributed by atoms with Gasteiger partial charge in [0, 0.05) is 18.7 Å². The van der Waals surface area contributed by atoms with Gasteiger partial charge in [0.25, 0.3) is 0 Å². The first-order chi connectivity index (χ1) is 11.4. The Morgan fingerprint density at radius 2 is 1.83 bits per heavy atom. The van der Waals surface area contributed by atoms with Crippen LogP contribution >= 0.6 is 11.8 Å². The maximum atomic E-state index is 12.7. The summed E-state index contributed by atoms with van der Waals surface area (Å²) >= 11 is 1.91. The molecular formula is C21H31NOS. The summed E-state index contributed by atoms with van der Waals surface area (Å²) in [7, 11) is 0. The summed E-state index contributed by atoms with van der Waals surface area (Å²) in [4.78, 5) is 14.8. The van der Waals surface area contributed by atoms with Crippen molar-refractivity contribution in [2.45, 2.75) is 70.1 Å². The highest BCUT2D eigenvalue weighted by atomic mass is 32.2. The van der Waals surface area contributed by atoms with E-state index in [-0.39, 0.29) is 10.8 Å². The number of nitrogens with zero attached hydrogens (tertiary/aromatic N) is 1. The van der Waals surface area contributed by atoms with Gasteiger partial charge in [-0.15, -0.1) is 11.8 Å². The first-order valence-corrected chi connectivity index (χ1v) is 10.5. The van der Waals surface area contributed by atoms with Gasteiger partial charge in [-0.1, -0.05) is 70.7 Å². The number of hydrogen-bond acceptors (Lipinski definition) is 2. The Bertz CT molecular complexity index is 554. The van der Waals surface area contributed by atoms with Crippen molar-refractivity contribution < 1.29 is 4.79 Å². The lowest BCUT2D eigenvalue weighted by Crippen LogP contribution is -2.30. The van der Waals surface area contributed by atoms with E-state index in [1.807, 2.05) is 11.8 Å². The zero-order valence-electron chi connectivity index (χ0n) is 15.4. The molecule has 1 aromatic carbocycles. The minimum absolute atomic E-state index is 0.179. The van der Waals surface area contributed by atoms with Crippen molar-refractivity contribution in [3.63, 3.8) is 0 Å². The summed E-state index contributed by atoms with van der Waals surface area (Å²) < 4.78 is 0. The highest BCUT2D eigenvalue weighted by molar-refractivity contribution is 7.99. The smallest absolute Gasteiger partial charge is 0.223 e. The molecule has 3 heteroatoms. The van der Waals surface area contributed by atoms with Crippen molar-refractivity contribution in [3.8, 4) is 0 Å². The molecule has 0 spiro atoms. The van der Waals surface area contributed by atoms with Crippen LogP contribution in [0.3, 0.4) is 0 Å². The minimum atomic E-state index is 0.179. The molecule has 24 heavy (non-hydrogen) atoms. The number of carbonyl (C=O) groups excluding carboxylic acids is 1. The largest absolute Gasteiger partial charge is 0.326 e. The Balaban J connectivity index is 1.62. The van der Waals surface area contributed by atoms with Crippen LogP contribution in [0, 0.1) is 5.92 Å². The molecule has 0 bridgehead atoms. The molecule has 2 nitrogen and oxygen atoms in total. The maximum Gasteiger partial charge on any atom is 0.223 e. The van der Waals surface area contributed by atoms with Gasteiger partial charge in [-0.25, -0.2) is 0 Å². The first kappa shape index (κ1) is 17.8. The summed E-state index contributed by atoms with van der Waals surface area (Å²) in [5.74, 6) is 2.21. The summed E-state index contributed by atoms with van der Waals surface area (Å²) in [6.45, 7) is 7.63. The van der Waals surface area contributed by atoms with E-state index in [0.717, 1.165) is 31.1 Å². The third kappa shape index (κ3) is 4.17. The van der Waals surface area contributed by atoms with Gasteiger partial charge < -0.3 is 4.90 Å². The standard InChI is InChI=1S/C21H31NOS/c1-21(2,3)18-11-9-17(10-12-18)20-22(14-15-24-20)19(23)13-8-16-6-4-5-7-16/h9-12,16,20H,4-8,13-15H2,1-3H3/t20-/m1/s1. The Morgan fingerprint density at radius 1 is 1.17 bits per heavy atom. The second kappa shape index (κ2) is 7.51. The Morgan fingerprint density at radius 3 is 2.46 bits per heavy atom. The van der Waals surface area contributed by atoms with Crippen molar-refractivity contribution in [3.05, 3.63) is 35.4 Å². The average molecular weight is 346 g/mol. The van der Waals surface area contributed by atoms with Gasteiger partial charge in [-0.05, 0) is 28.9 Å². The van der Waals surface area contributed by atoms with Gasteiger partial charge in [-0.2, -0.15) is 0 Å². The normalized spacial score (nSPS) is 22.3. The molecular weight excluding hydrogens is 314 g/mol. The van der Waals surface area contributed by atoms with Crippen LogP contribution in [0.1, 0.15) is 75.8 Å². The molecule has 1 saturated carbocycles. The number of thioether (sulfide) groups is 1. The third-order valence-electron chi connectivity index (χ3n) is 5.51. The molecule has 2 fully saturated rings. The van der Waals surface area contributed by atoms with E-state index in [9.17, 15) is 4.79 Å². The predicted molar refractivity (Wildman–Crippen MR) is 103 cm³/mol. The van der Waals surface area contributed by atoms with Crippen LogP contribution in [0.5, 0.6) is 0 Å². The first-order valence-electron chi connectivity index (χ1n) is 9.46. The molecule has 0 aromatic heterocycles. The average Bonchev–Trinajstić information content (AvgIpc) is 3.23. The maximum absolute atomic E-state index is 12.7. The zero-order chi connectivity index (χ0) is 17.2. The van der Waals surface area contributed by atoms with Crippen LogP contribution in [0.4, 0.5) is 0 Å². The molecule has 3 rings (SSSR count). The Kier molecular flexibility index (Phi) is 5.59. The number of carbonyl (C=O) groups is 1. The zero-order valence-corrected chi connectivity index (χ0v) is 16.2. The van der Waals surface area contributed by atoms with Crippen molar-refractivity contribution in [2.24, 2.45) is 5.92 Å². The summed E-state index contributed by atoms with van der Waals surface area (Å²) in [6.07, 6.45) is 7.22. The molecule has 1 atom stereocenters. The molecule has 1 aromatic rings. The molecule has 1 aliphatic carbocycles. The molecule has 1 aliphatic heterocycles. The molecule has 1 amide bonds. The lowest BCUT2D eigenvalue weighted by molar-refractivity contribution is -0.131. The van der Waals surface area contributed by atoms with Gasteiger partial charge in [0.05, 0.1) is 0 Å². The van der Waals surface area contributed by atoms with Crippen LogP contribution in [-0.2, 0) is 10.2 Å². The van der Waals surface area contributed by atoms with Gasteiger partial charge in [0.1, 0.15) is 5.37 Å². The van der Waals surface area contributed by atoms with E-state index in [1.165, 1.54) is 36.8 Å². The van der Waals surface area contributed by atoms with E-state index in [4.69, 9.17) is 0 Å². The predicted octanol–water partition coefficient (Wildman–Crippen LogP) is 5.53. The second-order valence-electron chi connectivity index (χ2n) is 8.37. The van der Waals surface area contributed by atoms with Crippen molar-refractivity contribution in [1.29, 1.82) is 0 Å². The lowest BCUT2D eigenvalue weighted by Gasteiger charge is -2.26. The lowest BCUT2D eigenvalue weighted by atomic mass is 9.86. The van der Waals surface area contributed by atoms with Crippen LogP contribution in [0.2, 0.25) is 0 Å². The van der Waals surface area contributed by atoms with E-state index >= 15 is 0 Å². The fraction of sp³-hybridized carbons (Fsp3) is 0.667. The third-order valence-corrected chi connectivity index (χ3v) is 6.78. The topological polar surface area (TPSA) is 20.3 Å². The van der Waals surface area contributed by atoms with Crippen LogP contribution in [0.15, 0.2) is 24.3 Å². The van der Waals surface area contributed by atoms with Gasteiger partial charge in [-0.3, -0.25) is 4.79 Å². The van der Waals surface area contributed by atoms with E-state index in [0.29, 0.717) is 5.91 Å². The highest BCUT2D eigenvalue weighted by Gasteiger charge is 2.31. The molecule has 0 radical (unpaired) electrons. The number of hydrogen-bond donors (Lipinski definition) is 0. The molecule has 0 N–H and O–H groups in total. The van der Waals surface area contributed by atoms with E-state index in [1.54, 1.807) is 0 Å². The number of benzene rings is 1. The number of rotatable bonds is 4. The SMILES string of the molecule is CC(C)(C)c1ccc([C@H]2SCCN2C(=O)CCC2CCCC2)cc1. The highest BCUT2D eigenvalue weighted by Crippen LogP contribution is 2.39. The van der Waals surface area contributed by atoms with Crippen LogP contribution < -0.4 is 0 Å². The van der Waals surface area contributed by atoms with Gasteiger partial charge in [0.15, 0.2) is 0 Å². The van der Waals surface area contributed by atoms with E-state index < -0.39 is 0 Å². The molecule has 132 valence electrons. The van der Waals surface area contributed by atoms with E-state index in [2.05, 4.69) is 49.9 Å². The summed E-state index contributed by atoms with van der Waals surface area (Å²) in [5, 5.41) is 0.218. The fourth-order valence-electron chi connectivity index (χ4n) is 3.92. The van der Waals surface area contributed by atoms with Crippen molar-refractivity contribution in [2.75, 3.05) is 12.3 Å². The number of amides is 1. The minimum Gasteiger partial charge on any atom is -0.326 e. The Hall–Kier alpha value is -0.960. The van der Waals surface area contributed by atoms with Gasteiger partial charge in [0.2, 0.25) is 5.91 Å². The molecule has 0 unspecified atom stereocenters. The van der Waals surface area contributed by atoms with Gasteiger partial charge >= 0.3 is 0 Å². The quantitative estimate of drug-likeness (QED) is 0.715. The second-order valence-corrected chi connectivity index (χ2v) is 9.56. The van der Waals surface area contributed by atoms with Crippen LogP contribution in [-0.4, -0.2) is 23.1 Å². The fourth-order valence-corrected chi connectivity index (χ4v) is 5.20. The van der Waals surface area contributed by atoms with Crippen LogP contribution in [0.25, 0.3) is 0 Å². The summed E-state index contributed by atoms with van der Waals surface area (Å²) in [6, 6.07) is 8.91.